The van der Waals surface area contributed by atoms with Crippen LogP contribution in [0.4, 0.5) is 0 Å². The maximum atomic E-state index is 11.1. The zero-order chi connectivity index (χ0) is 15.9. The smallest absolute Gasteiger partial charge is 0.127 e. The van der Waals surface area contributed by atoms with Gasteiger partial charge < -0.3 is 14.9 Å². The molecule has 3 heteroatoms. The van der Waals surface area contributed by atoms with Gasteiger partial charge in [-0.25, -0.2) is 0 Å². The van der Waals surface area contributed by atoms with Gasteiger partial charge in [-0.05, 0) is 67.7 Å². The molecule has 3 nitrogen and oxygen atoms in total. The summed E-state index contributed by atoms with van der Waals surface area (Å²) in [7, 11) is 0. The number of fused-ring (bicyclic) bond motifs is 1. The van der Waals surface area contributed by atoms with Crippen LogP contribution in [0.25, 0.3) is 0 Å². The Balaban J connectivity index is 1.84. The third-order valence-corrected chi connectivity index (χ3v) is 4.71. The van der Waals surface area contributed by atoms with Crippen LogP contribution in [0.1, 0.15) is 63.0 Å². The van der Waals surface area contributed by atoms with Gasteiger partial charge in [0.25, 0.3) is 0 Å². The summed E-state index contributed by atoms with van der Waals surface area (Å²) < 4.78 is 5.82. The quantitative estimate of drug-likeness (QED) is 0.435. The van der Waals surface area contributed by atoms with E-state index in [-0.39, 0.29) is 5.92 Å². The molecular formula is C19H27NO2. The van der Waals surface area contributed by atoms with Gasteiger partial charge in [0, 0.05) is 11.6 Å². The van der Waals surface area contributed by atoms with Crippen LogP contribution in [0.5, 0.6) is 5.75 Å². The molecule has 2 rings (SSSR count). The number of ether oxygens (including phenoxy) is 1. The van der Waals surface area contributed by atoms with Gasteiger partial charge in [-0.3, -0.25) is 0 Å². The van der Waals surface area contributed by atoms with Crippen molar-refractivity contribution < 1.29 is 9.53 Å². The molecule has 0 heterocycles. The Morgan fingerprint density at radius 2 is 2.32 bits per heavy atom. The number of aryl methyl sites for hydroxylation is 1. The lowest BCUT2D eigenvalue weighted by Gasteiger charge is -2.22. The highest BCUT2D eigenvalue weighted by Gasteiger charge is 2.19. The summed E-state index contributed by atoms with van der Waals surface area (Å²) in [5.41, 5.74) is 3.26. The molecule has 120 valence electrons. The minimum absolute atomic E-state index is 0.0637. The summed E-state index contributed by atoms with van der Waals surface area (Å²) in [6.45, 7) is 4.88. The Morgan fingerprint density at radius 3 is 3.05 bits per heavy atom. The van der Waals surface area contributed by atoms with Gasteiger partial charge in [0.15, 0.2) is 0 Å². The second-order valence-corrected chi connectivity index (χ2v) is 6.28. The lowest BCUT2D eigenvalue weighted by atomic mass is 9.83. The summed E-state index contributed by atoms with van der Waals surface area (Å²) in [5.74, 6) is 1.33. The largest absolute Gasteiger partial charge is 0.494 e. The van der Waals surface area contributed by atoms with Crippen molar-refractivity contribution in [2.75, 3.05) is 6.61 Å². The van der Waals surface area contributed by atoms with E-state index in [2.05, 4.69) is 19.9 Å². The van der Waals surface area contributed by atoms with Crippen LogP contribution < -0.4 is 4.74 Å². The first-order chi connectivity index (χ1) is 10.7. The molecule has 0 saturated heterocycles. The Hall–Kier alpha value is -1.64. The fraction of sp³-hybridized carbons (Fsp3) is 0.579. The van der Waals surface area contributed by atoms with E-state index in [9.17, 15) is 4.79 Å². The number of hydrogen-bond donors (Lipinski definition) is 1. The number of nitrogens with one attached hydrogen (secondary N) is 1. The molecule has 2 atom stereocenters. The first-order valence-electron chi connectivity index (χ1n) is 8.44. The van der Waals surface area contributed by atoms with Crippen molar-refractivity contribution in [1.82, 2.24) is 0 Å². The average molecular weight is 301 g/mol. The summed E-state index contributed by atoms with van der Waals surface area (Å²) in [6, 6.07) is 6.11. The van der Waals surface area contributed by atoms with Crippen LogP contribution in [-0.2, 0) is 11.2 Å². The molecule has 1 aromatic carbocycles. The lowest BCUT2D eigenvalue weighted by molar-refractivity contribution is -0.109. The molecule has 0 fully saturated rings. The van der Waals surface area contributed by atoms with Crippen LogP contribution >= 0.6 is 0 Å². The molecule has 1 unspecified atom stereocenters. The van der Waals surface area contributed by atoms with E-state index in [0.29, 0.717) is 12.5 Å². The number of aldehydes is 1. The van der Waals surface area contributed by atoms with Crippen molar-refractivity contribution >= 4 is 12.0 Å². The van der Waals surface area contributed by atoms with Crippen LogP contribution in [0.3, 0.4) is 0 Å². The van der Waals surface area contributed by atoms with E-state index in [0.717, 1.165) is 56.3 Å². The second-order valence-electron chi connectivity index (χ2n) is 6.28. The SMILES string of the molecule is CC[C@@H](C)C(=N)CCCOc1ccc2c(c1)CCCC2C=O. The maximum Gasteiger partial charge on any atom is 0.127 e. The topological polar surface area (TPSA) is 50.1 Å². The predicted octanol–water partition coefficient (Wildman–Crippen LogP) is 4.53. The van der Waals surface area contributed by atoms with Gasteiger partial charge in [0.1, 0.15) is 12.0 Å². The molecule has 0 aliphatic heterocycles. The Kier molecular flexibility index (Phi) is 6.17. The summed E-state index contributed by atoms with van der Waals surface area (Å²) in [5, 5.41) is 7.96. The van der Waals surface area contributed by atoms with Crippen molar-refractivity contribution in [1.29, 1.82) is 5.41 Å². The van der Waals surface area contributed by atoms with Crippen molar-refractivity contribution in [3.63, 3.8) is 0 Å². The highest BCUT2D eigenvalue weighted by molar-refractivity contribution is 5.83. The van der Waals surface area contributed by atoms with Gasteiger partial charge >= 0.3 is 0 Å². The molecular weight excluding hydrogens is 274 g/mol. The van der Waals surface area contributed by atoms with E-state index in [1.165, 1.54) is 11.1 Å². The standard InChI is InChI=1S/C19H27NO2/c1-3-14(2)19(20)8-5-11-22-17-9-10-18-15(12-17)6-4-7-16(18)13-21/h9-10,12-14,16,20H,3-8,11H2,1-2H3/t14-,16?/m1/s1. The highest BCUT2D eigenvalue weighted by atomic mass is 16.5. The third kappa shape index (κ3) is 4.19. The fourth-order valence-electron chi connectivity index (χ4n) is 3.00. The second kappa shape index (κ2) is 8.11. The summed E-state index contributed by atoms with van der Waals surface area (Å²) in [4.78, 5) is 11.1. The van der Waals surface area contributed by atoms with Gasteiger partial charge in [-0.2, -0.15) is 0 Å². The van der Waals surface area contributed by atoms with Crippen molar-refractivity contribution in [2.45, 2.75) is 58.3 Å². The molecule has 0 radical (unpaired) electrons. The normalized spacial score (nSPS) is 18.4. The van der Waals surface area contributed by atoms with Crippen molar-refractivity contribution in [3.05, 3.63) is 29.3 Å². The molecule has 0 spiro atoms. The van der Waals surface area contributed by atoms with Crippen LogP contribution in [0.15, 0.2) is 18.2 Å². The van der Waals surface area contributed by atoms with Gasteiger partial charge in [-0.15, -0.1) is 0 Å². The molecule has 0 amide bonds. The molecule has 1 aliphatic carbocycles. The van der Waals surface area contributed by atoms with E-state index < -0.39 is 0 Å². The van der Waals surface area contributed by atoms with E-state index >= 15 is 0 Å². The van der Waals surface area contributed by atoms with Crippen LogP contribution in [0, 0.1) is 11.3 Å². The number of hydrogen-bond acceptors (Lipinski definition) is 3. The third-order valence-electron chi connectivity index (χ3n) is 4.71. The molecule has 22 heavy (non-hydrogen) atoms. The van der Waals surface area contributed by atoms with Gasteiger partial charge in [0.2, 0.25) is 0 Å². The first-order valence-corrected chi connectivity index (χ1v) is 8.44. The predicted molar refractivity (Wildman–Crippen MR) is 90.1 cm³/mol. The van der Waals surface area contributed by atoms with Gasteiger partial charge in [-0.1, -0.05) is 19.9 Å². The van der Waals surface area contributed by atoms with Crippen LogP contribution in [0.2, 0.25) is 0 Å². The minimum atomic E-state index is 0.0637. The lowest BCUT2D eigenvalue weighted by Crippen LogP contribution is -2.12. The Bertz CT molecular complexity index is 524. The van der Waals surface area contributed by atoms with Crippen LogP contribution in [-0.4, -0.2) is 18.6 Å². The van der Waals surface area contributed by atoms with E-state index in [1.54, 1.807) is 0 Å². The fourth-order valence-corrected chi connectivity index (χ4v) is 3.00. The number of carbonyl (C=O) groups excluding carboxylic acids is 1. The number of carbonyl (C=O) groups is 1. The zero-order valence-electron chi connectivity index (χ0n) is 13.7. The Labute approximate surface area is 133 Å². The molecule has 1 N–H and O–H groups in total. The first kappa shape index (κ1) is 16.7. The zero-order valence-corrected chi connectivity index (χ0v) is 13.7. The molecule has 0 aromatic heterocycles. The van der Waals surface area contributed by atoms with Crippen molar-refractivity contribution in [2.24, 2.45) is 5.92 Å². The van der Waals surface area contributed by atoms with E-state index in [4.69, 9.17) is 10.1 Å². The highest BCUT2D eigenvalue weighted by Crippen LogP contribution is 2.32. The number of benzene rings is 1. The molecule has 1 aromatic rings. The number of rotatable bonds is 8. The van der Waals surface area contributed by atoms with Crippen molar-refractivity contribution in [3.8, 4) is 5.75 Å². The Morgan fingerprint density at radius 1 is 1.50 bits per heavy atom. The monoisotopic (exact) mass is 301 g/mol. The maximum absolute atomic E-state index is 11.1. The summed E-state index contributed by atoms with van der Waals surface area (Å²) >= 11 is 0. The van der Waals surface area contributed by atoms with Gasteiger partial charge in [0.05, 0.1) is 6.61 Å². The molecule has 0 saturated carbocycles. The average Bonchev–Trinajstić information content (AvgIpc) is 2.56. The van der Waals surface area contributed by atoms with E-state index in [1.807, 2.05) is 12.1 Å². The molecule has 1 aliphatic rings. The minimum Gasteiger partial charge on any atom is -0.494 e. The summed E-state index contributed by atoms with van der Waals surface area (Å²) in [6.07, 6.45) is 6.88. The molecule has 0 bridgehead atoms.